The highest BCUT2D eigenvalue weighted by molar-refractivity contribution is 5.90. The van der Waals surface area contributed by atoms with E-state index in [9.17, 15) is 9.90 Å². The Morgan fingerprint density at radius 3 is 2.53 bits per heavy atom. The van der Waals surface area contributed by atoms with Crippen molar-refractivity contribution in [2.45, 2.75) is 6.92 Å². The SMILES string of the molecule is Cc1ccc(C(=O)O)cc1-c1cccc(O)c1. The van der Waals surface area contributed by atoms with Gasteiger partial charge in [0.05, 0.1) is 5.56 Å². The van der Waals surface area contributed by atoms with Crippen molar-refractivity contribution in [3.63, 3.8) is 0 Å². The van der Waals surface area contributed by atoms with E-state index >= 15 is 0 Å². The van der Waals surface area contributed by atoms with Crippen molar-refractivity contribution in [3.05, 3.63) is 53.6 Å². The molecular formula is C14H12O3. The zero-order valence-electron chi connectivity index (χ0n) is 9.34. The normalized spacial score (nSPS) is 10.2. The summed E-state index contributed by atoms with van der Waals surface area (Å²) in [4.78, 5) is 10.9. The summed E-state index contributed by atoms with van der Waals surface area (Å²) in [5, 5.41) is 18.4. The molecule has 0 amide bonds. The lowest BCUT2D eigenvalue weighted by Gasteiger charge is -2.07. The summed E-state index contributed by atoms with van der Waals surface area (Å²) in [6, 6.07) is 11.7. The van der Waals surface area contributed by atoms with Crippen LogP contribution in [-0.2, 0) is 0 Å². The number of phenolic OH excluding ortho intramolecular Hbond substituents is 1. The zero-order valence-corrected chi connectivity index (χ0v) is 9.34. The summed E-state index contributed by atoms with van der Waals surface area (Å²) in [7, 11) is 0. The number of hydrogen-bond donors (Lipinski definition) is 2. The van der Waals surface area contributed by atoms with Crippen LogP contribution in [0, 0.1) is 6.92 Å². The third-order valence-electron chi connectivity index (χ3n) is 2.64. The number of carbonyl (C=O) groups is 1. The van der Waals surface area contributed by atoms with Gasteiger partial charge in [-0.3, -0.25) is 0 Å². The molecule has 3 nitrogen and oxygen atoms in total. The number of aromatic carboxylic acids is 1. The molecule has 0 saturated carbocycles. The highest BCUT2D eigenvalue weighted by Crippen LogP contribution is 2.27. The fourth-order valence-corrected chi connectivity index (χ4v) is 1.74. The van der Waals surface area contributed by atoms with E-state index < -0.39 is 5.97 Å². The van der Waals surface area contributed by atoms with Crippen molar-refractivity contribution in [2.75, 3.05) is 0 Å². The lowest BCUT2D eigenvalue weighted by atomic mass is 9.98. The van der Waals surface area contributed by atoms with Gasteiger partial charge in [0.25, 0.3) is 0 Å². The number of aromatic hydroxyl groups is 1. The van der Waals surface area contributed by atoms with Crippen LogP contribution in [0.25, 0.3) is 11.1 Å². The first kappa shape index (κ1) is 11.2. The van der Waals surface area contributed by atoms with Gasteiger partial charge in [-0.25, -0.2) is 4.79 Å². The molecule has 0 spiro atoms. The molecule has 0 aromatic heterocycles. The fourth-order valence-electron chi connectivity index (χ4n) is 1.74. The van der Waals surface area contributed by atoms with E-state index in [4.69, 9.17) is 5.11 Å². The third kappa shape index (κ3) is 2.28. The van der Waals surface area contributed by atoms with Crippen molar-refractivity contribution in [3.8, 4) is 16.9 Å². The second-order valence-electron chi connectivity index (χ2n) is 3.89. The summed E-state index contributed by atoms with van der Waals surface area (Å²) < 4.78 is 0. The fraction of sp³-hybridized carbons (Fsp3) is 0.0714. The van der Waals surface area contributed by atoms with Crippen LogP contribution < -0.4 is 0 Å². The summed E-state index contributed by atoms with van der Waals surface area (Å²) in [5.41, 5.74) is 2.85. The molecule has 0 atom stereocenters. The van der Waals surface area contributed by atoms with Crippen molar-refractivity contribution in [2.24, 2.45) is 0 Å². The van der Waals surface area contributed by atoms with E-state index in [0.717, 1.165) is 16.7 Å². The molecule has 17 heavy (non-hydrogen) atoms. The summed E-state index contributed by atoms with van der Waals surface area (Å²) >= 11 is 0. The predicted octanol–water partition coefficient (Wildman–Crippen LogP) is 3.07. The van der Waals surface area contributed by atoms with Gasteiger partial charge in [-0.1, -0.05) is 18.2 Å². The minimum Gasteiger partial charge on any atom is -0.508 e. The second kappa shape index (κ2) is 4.29. The molecule has 0 heterocycles. The Labute approximate surface area is 99.0 Å². The monoisotopic (exact) mass is 228 g/mol. The molecule has 0 saturated heterocycles. The van der Waals surface area contributed by atoms with Gasteiger partial charge in [-0.15, -0.1) is 0 Å². The molecule has 0 aliphatic carbocycles. The van der Waals surface area contributed by atoms with Gasteiger partial charge in [0.2, 0.25) is 0 Å². The van der Waals surface area contributed by atoms with Crippen LogP contribution in [0.2, 0.25) is 0 Å². The van der Waals surface area contributed by atoms with Gasteiger partial charge in [0.15, 0.2) is 0 Å². The molecule has 0 radical (unpaired) electrons. The summed E-state index contributed by atoms with van der Waals surface area (Å²) in [6.45, 7) is 1.91. The minimum atomic E-state index is -0.952. The standard InChI is InChI=1S/C14H12O3/c1-9-5-6-11(14(16)17)8-13(9)10-3-2-4-12(15)7-10/h2-8,15H,1H3,(H,16,17). The lowest BCUT2D eigenvalue weighted by molar-refractivity contribution is 0.0697. The number of phenols is 1. The maximum absolute atomic E-state index is 10.9. The van der Waals surface area contributed by atoms with Gasteiger partial charge in [0.1, 0.15) is 5.75 Å². The molecule has 0 unspecified atom stereocenters. The Morgan fingerprint density at radius 2 is 1.88 bits per heavy atom. The highest BCUT2D eigenvalue weighted by atomic mass is 16.4. The number of carboxylic acids is 1. The Bertz CT molecular complexity index is 573. The molecule has 86 valence electrons. The molecule has 2 rings (SSSR count). The molecule has 3 heteroatoms. The average Bonchev–Trinajstić information content (AvgIpc) is 2.29. The highest BCUT2D eigenvalue weighted by Gasteiger charge is 2.08. The van der Waals surface area contributed by atoms with Crippen molar-refractivity contribution < 1.29 is 15.0 Å². The van der Waals surface area contributed by atoms with Gasteiger partial charge in [-0.05, 0) is 47.9 Å². The molecule has 2 N–H and O–H groups in total. The Kier molecular flexibility index (Phi) is 2.83. The van der Waals surface area contributed by atoms with Crippen molar-refractivity contribution in [1.82, 2.24) is 0 Å². The lowest BCUT2D eigenvalue weighted by Crippen LogP contribution is -1.97. The average molecular weight is 228 g/mol. The smallest absolute Gasteiger partial charge is 0.335 e. The third-order valence-corrected chi connectivity index (χ3v) is 2.64. The molecule has 0 aliphatic rings. The second-order valence-corrected chi connectivity index (χ2v) is 3.89. The van der Waals surface area contributed by atoms with Crippen LogP contribution in [0.3, 0.4) is 0 Å². The van der Waals surface area contributed by atoms with Crippen LogP contribution in [0.5, 0.6) is 5.75 Å². The van der Waals surface area contributed by atoms with Crippen LogP contribution in [0.15, 0.2) is 42.5 Å². The summed E-state index contributed by atoms with van der Waals surface area (Å²) in [6.07, 6.45) is 0. The number of benzene rings is 2. The number of hydrogen-bond acceptors (Lipinski definition) is 2. The Hall–Kier alpha value is -2.29. The largest absolute Gasteiger partial charge is 0.508 e. The number of aryl methyl sites for hydroxylation is 1. The van der Waals surface area contributed by atoms with Gasteiger partial charge >= 0.3 is 5.97 Å². The first-order valence-corrected chi connectivity index (χ1v) is 5.21. The molecule has 0 bridgehead atoms. The van der Waals surface area contributed by atoms with Gasteiger partial charge in [0, 0.05) is 0 Å². The van der Waals surface area contributed by atoms with Crippen LogP contribution >= 0.6 is 0 Å². The van der Waals surface area contributed by atoms with E-state index in [1.165, 1.54) is 0 Å². The van der Waals surface area contributed by atoms with Crippen LogP contribution in [0.1, 0.15) is 15.9 Å². The van der Waals surface area contributed by atoms with E-state index in [1.54, 1.807) is 36.4 Å². The van der Waals surface area contributed by atoms with Crippen LogP contribution in [-0.4, -0.2) is 16.2 Å². The maximum atomic E-state index is 10.9. The van der Waals surface area contributed by atoms with E-state index in [0.29, 0.717) is 0 Å². The number of rotatable bonds is 2. The van der Waals surface area contributed by atoms with E-state index in [-0.39, 0.29) is 11.3 Å². The van der Waals surface area contributed by atoms with Crippen molar-refractivity contribution >= 4 is 5.97 Å². The van der Waals surface area contributed by atoms with E-state index in [1.807, 2.05) is 13.0 Å². The quantitative estimate of drug-likeness (QED) is 0.830. The first-order chi connectivity index (χ1) is 8.08. The molecule has 2 aromatic rings. The molecule has 0 fully saturated rings. The topological polar surface area (TPSA) is 57.5 Å². The maximum Gasteiger partial charge on any atom is 0.335 e. The Balaban J connectivity index is 2.58. The number of carboxylic acid groups (broad SMARTS) is 1. The molecule has 0 aliphatic heterocycles. The first-order valence-electron chi connectivity index (χ1n) is 5.21. The molecule has 2 aromatic carbocycles. The minimum absolute atomic E-state index is 0.169. The predicted molar refractivity (Wildman–Crippen MR) is 65.2 cm³/mol. The zero-order chi connectivity index (χ0) is 12.4. The van der Waals surface area contributed by atoms with E-state index in [2.05, 4.69) is 0 Å². The molecular weight excluding hydrogens is 216 g/mol. The van der Waals surface area contributed by atoms with Gasteiger partial charge in [-0.2, -0.15) is 0 Å². The Morgan fingerprint density at radius 1 is 1.12 bits per heavy atom. The summed E-state index contributed by atoms with van der Waals surface area (Å²) in [5.74, 6) is -0.783. The van der Waals surface area contributed by atoms with Crippen molar-refractivity contribution in [1.29, 1.82) is 0 Å². The van der Waals surface area contributed by atoms with Crippen LogP contribution in [0.4, 0.5) is 0 Å². The van der Waals surface area contributed by atoms with Gasteiger partial charge < -0.3 is 10.2 Å².